The average Bonchev–Trinajstić information content (AvgIpc) is 2.17. The average molecular weight is 218 g/mol. The molecule has 0 aromatic heterocycles. The van der Waals surface area contributed by atoms with Crippen molar-refractivity contribution in [1.82, 2.24) is 4.90 Å². The summed E-state index contributed by atoms with van der Waals surface area (Å²) in [5, 5.41) is 8.65. The first-order valence-electron chi connectivity index (χ1n) is 4.73. The summed E-state index contributed by atoms with van der Waals surface area (Å²) < 4.78 is 0. The van der Waals surface area contributed by atoms with Crippen LogP contribution in [0.4, 0.5) is 0 Å². The van der Waals surface area contributed by atoms with E-state index in [1.54, 1.807) is 11.8 Å². The number of carbonyl (C=O) groups excluding carboxylic acids is 1. The van der Waals surface area contributed by atoms with Crippen molar-refractivity contribution < 1.29 is 9.90 Å². The normalized spacial score (nSPS) is 12.2. The molecule has 0 aliphatic rings. The van der Waals surface area contributed by atoms with Crippen LogP contribution in [-0.2, 0) is 4.79 Å². The molecule has 0 aliphatic carbocycles. The Morgan fingerprint density at radius 3 is 2.57 bits per heavy atom. The van der Waals surface area contributed by atoms with E-state index in [4.69, 9.17) is 23.1 Å². The Hall–Kier alpha value is -0.680. The van der Waals surface area contributed by atoms with Crippen LogP contribution in [0.1, 0.15) is 20.3 Å². The van der Waals surface area contributed by atoms with Gasteiger partial charge in [0.15, 0.2) is 0 Å². The first-order chi connectivity index (χ1) is 6.54. The standard InChI is InChI=1S/C9H18N2O2S/c1-3-11(5-4-6-12)9(13)7(2)8(10)14/h7,12H,3-6H2,1-2H3,(H2,10,14). The predicted molar refractivity (Wildman–Crippen MR) is 59.9 cm³/mol. The first kappa shape index (κ1) is 13.3. The molecule has 0 fully saturated rings. The Kier molecular flexibility index (Phi) is 6.40. The lowest BCUT2D eigenvalue weighted by molar-refractivity contribution is -0.132. The maximum absolute atomic E-state index is 11.7. The van der Waals surface area contributed by atoms with Crippen molar-refractivity contribution in [3.8, 4) is 0 Å². The van der Waals surface area contributed by atoms with Crippen LogP contribution in [-0.4, -0.2) is 40.6 Å². The number of hydrogen-bond acceptors (Lipinski definition) is 3. The molecule has 0 spiro atoms. The van der Waals surface area contributed by atoms with Gasteiger partial charge < -0.3 is 15.7 Å². The largest absolute Gasteiger partial charge is 0.396 e. The minimum atomic E-state index is -0.413. The van der Waals surface area contributed by atoms with Crippen LogP contribution in [0.25, 0.3) is 0 Å². The number of thiocarbonyl (C=S) groups is 1. The Bertz CT molecular complexity index is 209. The van der Waals surface area contributed by atoms with Crippen molar-refractivity contribution in [2.75, 3.05) is 19.7 Å². The summed E-state index contributed by atoms with van der Waals surface area (Å²) >= 11 is 4.76. The van der Waals surface area contributed by atoms with Gasteiger partial charge >= 0.3 is 0 Å². The van der Waals surface area contributed by atoms with Gasteiger partial charge in [-0.15, -0.1) is 0 Å². The Morgan fingerprint density at radius 1 is 1.64 bits per heavy atom. The number of aliphatic hydroxyl groups is 1. The highest BCUT2D eigenvalue weighted by atomic mass is 32.1. The highest BCUT2D eigenvalue weighted by Gasteiger charge is 2.20. The molecule has 0 bridgehead atoms. The van der Waals surface area contributed by atoms with Crippen molar-refractivity contribution >= 4 is 23.1 Å². The molecule has 0 rings (SSSR count). The molecule has 1 atom stereocenters. The molecule has 0 saturated heterocycles. The molecule has 0 radical (unpaired) electrons. The summed E-state index contributed by atoms with van der Waals surface area (Å²) in [5.41, 5.74) is 5.39. The summed E-state index contributed by atoms with van der Waals surface area (Å²) in [6, 6.07) is 0. The van der Waals surface area contributed by atoms with Gasteiger partial charge in [0, 0.05) is 19.7 Å². The second-order valence-electron chi connectivity index (χ2n) is 3.12. The SMILES string of the molecule is CCN(CCCO)C(=O)C(C)C(N)=S. The zero-order valence-corrected chi connectivity index (χ0v) is 9.51. The third-order valence-corrected chi connectivity index (χ3v) is 2.43. The van der Waals surface area contributed by atoms with Crippen LogP contribution in [0.3, 0.4) is 0 Å². The van der Waals surface area contributed by atoms with Gasteiger partial charge in [-0.25, -0.2) is 0 Å². The summed E-state index contributed by atoms with van der Waals surface area (Å²) in [5.74, 6) is -0.475. The van der Waals surface area contributed by atoms with Crippen molar-refractivity contribution in [3.63, 3.8) is 0 Å². The summed E-state index contributed by atoms with van der Waals surface area (Å²) in [6.45, 7) is 4.85. The predicted octanol–water partition coefficient (Wildman–Crippen LogP) is 0.139. The molecule has 1 amide bonds. The minimum absolute atomic E-state index is 0.0616. The van der Waals surface area contributed by atoms with Crippen molar-refractivity contribution in [3.05, 3.63) is 0 Å². The van der Waals surface area contributed by atoms with E-state index in [-0.39, 0.29) is 17.5 Å². The van der Waals surface area contributed by atoms with E-state index >= 15 is 0 Å². The Balaban J connectivity index is 4.23. The second kappa shape index (κ2) is 6.73. The van der Waals surface area contributed by atoms with Crippen LogP contribution in [0.5, 0.6) is 0 Å². The number of hydrogen-bond donors (Lipinski definition) is 2. The van der Waals surface area contributed by atoms with Gasteiger partial charge in [0.1, 0.15) is 0 Å². The van der Waals surface area contributed by atoms with E-state index in [0.29, 0.717) is 19.5 Å². The topological polar surface area (TPSA) is 66.6 Å². The number of rotatable bonds is 6. The maximum atomic E-state index is 11.7. The lowest BCUT2D eigenvalue weighted by Crippen LogP contribution is -2.40. The van der Waals surface area contributed by atoms with Gasteiger partial charge in [-0.3, -0.25) is 4.79 Å². The van der Waals surface area contributed by atoms with Crippen LogP contribution in [0.2, 0.25) is 0 Å². The van der Waals surface area contributed by atoms with E-state index in [0.717, 1.165) is 0 Å². The van der Waals surface area contributed by atoms with Crippen molar-refractivity contribution in [2.24, 2.45) is 11.7 Å². The highest BCUT2D eigenvalue weighted by molar-refractivity contribution is 7.80. The Morgan fingerprint density at radius 2 is 2.21 bits per heavy atom. The number of carbonyl (C=O) groups is 1. The van der Waals surface area contributed by atoms with E-state index in [2.05, 4.69) is 0 Å². The van der Waals surface area contributed by atoms with Gasteiger partial charge in [0.2, 0.25) is 5.91 Å². The molecule has 0 heterocycles. The van der Waals surface area contributed by atoms with Crippen LogP contribution < -0.4 is 5.73 Å². The zero-order valence-electron chi connectivity index (χ0n) is 8.69. The fourth-order valence-electron chi connectivity index (χ4n) is 1.08. The maximum Gasteiger partial charge on any atom is 0.232 e. The number of nitrogens with zero attached hydrogens (tertiary/aromatic N) is 1. The zero-order chi connectivity index (χ0) is 11.1. The molecular formula is C9H18N2O2S. The van der Waals surface area contributed by atoms with Crippen molar-refractivity contribution in [2.45, 2.75) is 20.3 Å². The van der Waals surface area contributed by atoms with E-state index < -0.39 is 5.92 Å². The smallest absolute Gasteiger partial charge is 0.232 e. The van der Waals surface area contributed by atoms with Gasteiger partial charge in [0.25, 0.3) is 0 Å². The van der Waals surface area contributed by atoms with Gasteiger partial charge in [0.05, 0.1) is 10.9 Å². The molecule has 14 heavy (non-hydrogen) atoms. The summed E-state index contributed by atoms with van der Waals surface area (Å²) in [4.78, 5) is 13.6. The summed E-state index contributed by atoms with van der Waals surface area (Å²) in [7, 11) is 0. The third kappa shape index (κ3) is 4.02. The fourth-order valence-corrected chi connectivity index (χ4v) is 1.18. The van der Waals surface area contributed by atoms with Crippen LogP contribution in [0, 0.1) is 5.92 Å². The van der Waals surface area contributed by atoms with Gasteiger partial charge in [-0.1, -0.05) is 12.2 Å². The van der Waals surface area contributed by atoms with E-state index in [9.17, 15) is 4.79 Å². The molecule has 0 aliphatic heterocycles. The van der Waals surface area contributed by atoms with E-state index in [1.165, 1.54) is 0 Å². The number of amides is 1. The summed E-state index contributed by atoms with van der Waals surface area (Å²) in [6.07, 6.45) is 0.587. The quantitative estimate of drug-likeness (QED) is 0.622. The lowest BCUT2D eigenvalue weighted by Gasteiger charge is -2.23. The highest BCUT2D eigenvalue weighted by Crippen LogP contribution is 2.03. The van der Waals surface area contributed by atoms with Gasteiger partial charge in [-0.05, 0) is 20.3 Å². The minimum Gasteiger partial charge on any atom is -0.396 e. The molecule has 0 saturated carbocycles. The third-order valence-electron chi connectivity index (χ3n) is 2.08. The number of nitrogens with two attached hydrogens (primary N) is 1. The molecule has 1 unspecified atom stereocenters. The van der Waals surface area contributed by atoms with Crippen LogP contribution in [0.15, 0.2) is 0 Å². The van der Waals surface area contributed by atoms with E-state index in [1.807, 2.05) is 6.92 Å². The fraction of sp³-hybridized carbons (Fsp3) is 0.778. The van der Waals surface area contributed by atoms with Crippen LogP contribution >= 0.6 is 12.2 Å². The van der Waals surface area contributed by atoms with Gasteiger partial charge in [-0.2, -0.15) is 0 Å². The molecule has 82 valence electrons. The monoisotopic (exact) mass is 218 g/mol. The first-order valence-corrected chi connectivity index (χ1v) is 5.14. The second-order valence-corrected chi connectivity index (χ2v) is 3.59. The number of aliphatic hydroxyl groups excluding tert-OH is 1. The molecule has 5 heteroatoms. The molecule has 0 aromatic rings. The molecule has 4 nitrogen and oxygen atoms in total. The lowest BCUT2D eigenvalue weighted by atomic mass is 10.1. The molecule has 3 N–H and O–H groups in total. The molecule has 0 aromatic carbocycles. The Labute approximate surface area is 90.1 Å². The molecular weight excluding hydrogens is 200 g/mol. The van der Waals surface area contributed by atoms with Crippen molar-refractivity contribution in [1.29, 1.82) is 0 Å².